The molecule has 0 aliphatic carbocycles. The average Bonchev–Trinajstić information content (AvgIpc) is 2.79. The minimum Gasteiger partial charge on any atom is -0.496 e. The van der Waals surface area contributed by atoms with Crippen molar-refractivity contribution in [1.29, 1.82) is 0 Å². The zero-order valence-corrected chi connectivity index (χ0v) is 18.9. The van der Waals surface area contributed by atoms with Crippen molar-refractivity contribution >= 4 is 27.7 Å². The summed E-state index contributed by atoms with van der Waals surface area (Å²) in [5, 5.41) is 3.99. The van der Waals surface area contributed by atoms with Crippen LogP contribution in [-0.2, 0) is 16.4 Å². The fraction of sp³-hybridized carbons (Fsp3) is 0.160. The summed E-state index contributed by atoms with van der Waals surface area (Å²) >= 11 is 0. The van der Waals surface area contributed by atoms with Crippen LogP contribution < -0.4 is 14.8 Å². The number of ether oxygens (including phenoxy) is 1. The van der Waals surface area contributed by atoms with E-state index in [2.05, 4.69) is 10.0 Å². The molecule has 3 rings (SSSR count). The number of aryl methyl sites for hydroxylation is 1. The molecule has 2 N–H and O–H groups in total. The van der Waals surface area contributed by atoms with Crippen molar-refractivity contribution < 1.29 is 17.9 Å². The molecule has 0 unspecified atom stereocenters. The lowest BCUT2D eigenvalue weighted by Crippen LogP contribution is -2.25. The molecule has 32 heavy (non-hydrogen) atoms. The molecule has 0 radical (unpaired) electrons. The highest BCUT2D eigenvalue weighted by atomic mass is 32.2. The number of carbonyl (C=O) groups is 1. The van der Waals surface area contributed by atoms with Gasteiger partial charge in [0.15, 0.2) is 0 Å². The third-order valence-electron chi connectivity index (χ3n) is 4.76. The molecule has 3 aromatic carbocycles. The van der Waals surface area contributed by atoms with Gasteiger partial charge >= 0.3 is 0 Å². The van der Waals surface area contributed by atoms with Crippen LogP contribution in [0.4, 0.5) is 5.69 Å². The van der Waals surface area contributed by atoms with Gasteiger partial charge in [-0.15, -0.1) is 0 Å². The number of sulfonamides is 1. The second-order valence-electron chi connectivity index (χ2n) is 7.26. The number of hydrogen-bond donors (Lipinski definition) is 2. The fourth-order valence-corrected chi connectivity index (χ4v) is 4.00. The number of benzene rings is 3. The normalized spacial score (nSPS) is 11.3. The highest BCUT2D eigenvalue weighted by Gasteiger charge is 2.09. The zero-order valence-electron chi connectivity index (χ0n) is 18.0. The van der Waals surface area contributed by atoms with Crippen LogP contribution in [0.1, 0.15) is 27.0 Å². The Morgan fingerprint density at radius 2 is 1.72 bits per heavy atom. The van der Waals surface area contributed by atoms with E-state index in [9.17, 15) is 13.2 Å². The lowest BCUT2D eigenvalue weighted by molar-refractivity contribution is 0.0954. The summed E-state index contributed by atoms with van der Waals surface area (Å²) < 4.78 is 32.4. The highest BCUT2D eigenvalue weighted by Crippen LogP contribution is 2.20. The van der Waals surface area contributed by atoms with Gasteiger partial charge in [-0.25, -0.2) is 8.42 Å². The first kappa shape index (κ1) is 23.1. The number of hydrogen-bond acceptors (Lipinski definition) is 4. The molecule has 0 saturated heterocycles. The van der Waals surface area contributed by atoms with E-state index >= 15 is 0 Å². The van der Waals surface area contributed by atoms with Gasteiger partial charge in [-0.2, -0.15) is 0 Å². The molecule has 7 heteroatoms. The van der Waals surface area contributed by atoms with Crippen LogP contribution >= 0.6 is 0 Å². The Morgan fingerprint density at radius 1 is 1.00 bits per heavy atom. The van der Waals surface area contributed by atoms with Crippen molar-refractivity contribution in [3.63, 3.8) is 0 Å². The molecule has 0 bridgehead atoms. The van der Waals surface area contributed by atoms with Crippen molar-refractivity contribution in [2.75, 3.05) is 18.4 Å². The Balaban J connectivity index is 1.55. The van der Waals surface area contributed by atoms with Gasteiger partial charge in [-0.3, -0.25) is 9.52 Å². The minimum absolute atomic E-state index is 0.227. The Morgan fingerprint density at radius 3 is 2.41 bits per heavy atom. The van der Waals surface area contributed by atoms with Gasteiger partial charge in [0.05, 0.1) is 12.5 Å². The fourth-order valence-electron chi connectivity index (χ4n) is 3.14. The van der Waals surface area contributed by atoms with E-state index in [1.807, 2.05) is 55.5 Å². The molecule has 0 aliphatic rings. The van der Waals surface area contributed by atoms with E-state index in [1.54, 1.807) is 31.4 Å². The third-order valence-corrected chi connectivity index (χ3v) is 5.78. The molecular weight excluding hydrogens is 424 g/mol. The summed E-state index contributed by atoms with van der Waals surface area (Å²) in [5.41, 5.74) is 3.77. The third kappa shape index (κ3) is 6.72. The number of anilines is 1. The first-order valence-corrected chi connectivity index (χ1v) is 11.7. The Bertz CT molecular complexity index is 1190. The molecule has 166 valence electrons. The van der Waals surface area contributed by atoms with Gasteiger partial charge in [0.2, 0.25) is 0 Å². The van der Waals surface area contributed by atoms with Crippen LogP contribution in [0.25, 0.3) is 6.08 Å². The van der Waals surface area contributed by atoms with E-state index in [0.29, 0.717) is 24.2 Å². The monoisotopic (exact) mass is 450 g/mol. The Kier molecular flexibility index (Phi) is 7.68. The topological polar surface area (TPSA) is 84.5 Å². The highest BCUT2D eigenvalue weighted by molar-refractivity contribution is 7.95. The predicted octanol–water partition coefficient (Wildman–Crippen LogP) is 4.39. The van der Waals surface area contributed by atoms with E-state index in [-0.39, 0.29) is 5.91 Å². The van der Waals surface area contributed by atoms with Crippen LogP contribution in [0.3, 0.4) is 0 Å². The molecule has 1 amide bonds. The first-order chi connectivity index (χ1) is 15.4. The number of nitrogens with one attached hydrogen (secondary N) is 2. The van der Waals surface area contributed by atoms with E-state index in [0.717, 1.165) is 27.8 Å². The second kappa shape index (κ2) is 10.6. The molecular formula is C25H26N2O4S. The van der Waals surface area contributed by atoms with Gasteiger partial charge in [0.25, 0.3) is 15.9 Å². The van der Waals surface area contributed by atoms with Gasteiger partial charge in [-0.05, 0) is 60.9 Å². The quantitative estimate of drug-likeness (QED) is 0.506. The molecule has 6 nitrogen and oxygen atoms in total. The summed E-state index contributed by atoms with van der Waals surface area (Å²) in [7, 11) is -2.04. The van der Waals surface area contributed by atoms with Crippen molar-refractivity contribution in [2.45, 2.75) is 13.3 Å². The van der Waals surface area contributed by atoms with Crippen molar-refractivity contribution in [3.8, 4) is 5.75 Å². The lowest BCUT2D eigenvalue weighted by Gasteiger charge is -2.11. The van der Waals surface area contributed by atoms with Gasteiger partial charge in [0, 0.05) is 17.8 Å². The maximum Gasteiger partial charge on any atom is 0.255 e. The molecule has 0 fully saturated rings. The minimum atomic E-state index is -3.66. The van der Waals surface area contributed by atoms with Crippen LogP contribution in [0.15, 0.2) is 78.2 Å². The number of methoxy groups -OCH3 is 1. The van der Waals surface area contributed by atoms with Crippen molar-refractivity contribution in [3.05, 3.63) is 100 Å². The van der Waals surface area contributed by atoms with Crippen molar-refractivity contribution in [2.24, 2.45) is 0 Å². The van der Waals surface area contributed by atoms with E-state index in [4.69, 9.17) is 4.74 Å². The van der Waals surface area contributed by atoms with Crippen LogP contribution in [-0.4, -0.2) is 28.0 Å². The average molecular weight is 451 g/mol. The summed E-state index contributed by atoms with van der Waals surface area (Å²) in [6.07, 6.45) is 2.16. The Hall–Kier alpha value is -3.58. The van der Waals surface area contributed by atoms with Gasteiger partial charge in [-0.1, -0.05) is 48.0 Å². The number of amides is 1. The zero-order chi connectivity index (χ0) is 23.0. The first-order valence-electron chi connectivity index (χ1n) is 10.1. The molecule has 0 spiro atoms. The molecule has 0 aromatic heterocycles. The van der Waals surface area contributed by atoms with E-state index in [1.165, 1.54) is 6.08 Å². The van der Waals surface area contributed by atoms with Crippen molar-refractivity contribution in [1.82, 2.24) is 5.32 Å². The van der Waals surface area contributed by atoms with Gasteiger partial charge < -0.3 is 10.1 Å². The summed E-state index contributed by atoms with van der Waals surface area (Å²) in [5.74, 6) is 0.567. The van der Waals surface area contributed by atoms with Gasteiger partial charge in [0.1, 0.15) is 5.75 Å². The van der Waals surface area contributed by atoms with Crippen LogP contribution in [0.5, 0.6) is 5.75 Å². The van der Waals surface area contributed by atoms with E-state index < -0.39 is 10.0 Å². The molecule has 0 saturated carbocycles. The Labute approximate surface area is 189 Å². The molecule has 0 aliphatic heterocycles. The summed E-state index contributed by atoms with van der Waals surface area (Å²) in [4.78, 5) is 12.4. The maximum absolute atomic E-state index is 12.4. The maximum atomic E-state index is 12.4. The largest absolute Gasteiger partial charge is 0.496 e. The molecule has 0 atom stereocenters. The summed E-state index contributed by atoms with van der Waals surface area (Å²) in [6.45, 7) is 2.46. The second-order valence-corrected chi connectivity index (χ2v) is 8.83. The predicted molar refractivity (Wildman–Crippen MR) is 128 cm³/mol. The molecule has 3 aromatic rings. The van der Waals surface area contributed by atoms with Crippen LogP contribution in [0, 0.1) is 6.92 Å². The molecule has 0 heterocycles. The lowest BCUT2D eigenvalue weighted by atomic mass is 10.1. The van der Waals surface area contributed by atoms with Crippen LogP contribution in [0.2, 0.25) is 0 Å². The summed E-state index contributed by atoms with van der Waals surface area (Å²) in [6, 6.07) is 21.4. The SMILES string of the molecule is COc1ccc(C)cc1CCNC(=O)c1ccc(NS(=O)(=O)/C=C/c2ccccc2)cc1. The number of rotatable bonds is 9. The number of carbonyl (C=O) groups excluding carboxylic acids is 1. The smallest absolute Gasteiger partial charge is 0.255 e. The standard InChI is InChI=1S/C25H26N2O4S/c1-19-8-13-24(31-2)22(18-19)14-16-26-25(28)21-9-11-23(12-10-21)27-32(29,30)17-15-20-6-4-3-5-7-20/h3-13,15,17-18,27H,14,16H2,1-2H3,(H,26,28)/b17-15+.